The van der Waals surface area contributed by atoms with E-state index in [1.807, 2.05) is 0 Å². The van der Waals surface area contributed by atoms with E-state index in [-0.39, 0.29) is 6.61 Å². The molecule has 42 heavy (non-hydrogen) atoms. The second-order valence-electron chi connectivity index (χ2n) is 11.0. The fourth-order valence-corrected chi connectivity index (χ4v) is 5.16. The molecule has 248 valence electrons. The lowest BCUT2D eigenvalue weighted by Gasteiger charge is -2.46. The Balaban J connectivity index is 1.71. The Bertz CT molecular complexity index is 760. The molecule has 3 fully saturated rings. The van der Waals surface area contributed by atoms with Crippen LogP contribution < -0.4 is 0 Å². The van der Waals surface area contributed by atoms with Crippen LogP contribution in [0.3, 0.4) is 0 Å². The monoisotopic (exact) mass is 616 g/mol. The summed E-state index contributed by atoms with van der Waals surface area (Å²) in [6.07, 6.45) is -17.7. The van der Waals surface area contributed by atoms with Gasteiger partial charge in [0.25, 0.3) is 0 Å². The molecule has 10 N–H and O–H groups in total. The van der Waals surface area contributed by atoms with E-state index in [0.29, 0.717) is 6.42 Å². The van der Waals surface area contributed by atoms with Gasteiger partial charge in [-0.15, -0.1) is 0 Å². The third kappa shape index (κ3) is 8.75. The van der Waals surface area contributed by atoms with Crippen LogP contribution in [0.2, 0.25) is 0 Å². The van der Waals surface area contributed by atoms with Crippen LogP contribution in [0.4, 0.5) is 0 Å². The van der Waals surface area contributed by atoms with Crippen LogP contribution in [0, 0.1) is 0 Å². The SMILES string of the molecule is CCCCCCCCO[C@H]1O[C@H](CO[C@@H]2O[C@H](CO)[C@@H](O)[C@H](O)[C@@H]2O)[C@@H](O[C@@H]2O[C@H](CO)[C@@H](O)[C@H](O)[C@@H]2O)[C@H](O)[C@@H]1O. The lowest BCUT2D eigenvalue weighted by molar-refractivity contribution is -0.367. The Morgan fingerprint density at radius 1 is 0.500 bits per heavy atom. The average molecular weight is 617 g/mol. The van der Waals surface area contributed by atoms with Gasteiger partial charge in [0.1, 0.15) is 73.2 Å². The van der Waals surface area contributed by atoms with Crippen molar-refractivity contribution in [3.8, 4) is 0 Å². The van der Waals surface area contributed by atoms with Gasteiger partial charge in [-0.05, 0) is 6.42 Å². The number of rotatable bonds is 15. The lowest BCUT2D eigenvalue weighted by atomic mass is 9.96. The van der Waals surface area contributed by atoms with E-state index in [1.165, 1.54) is 0 Å². The van der Waals surface area contributed by atoms with Crippen LogP contribution in [0.25, 0.3) is 0 Å². The van der Waals surface area contributed by atoms with Crippen molar-refractivity contribution < 1.29 is 79.5 Å². The Kier molecular flexibility index (Phi) is 14.6. The fraction of sp³-hybridized carbons (Fsp3) is 1.00. The Labute approximate surface area is 243 Å². The predicted octanol–water partition coefficient (Wildman–Crippen LogP) is -4.19. The molecule has 0 aromatic heterocycles. The highest BCUT2D eigenvalue weighted by Crippen LogP contribution is 2.31. The second kappa shape index (κ2) is 17.2. The standard InChI is InChI=1S/C26H48O16/c1-2-3-4-5-6-7-8-37-24-22(36)19(33)23(42-26-21(35)18(32)16(30)13(10-28)40-26)14(41-24)11-38-25-20(34)17(31)15(29)12(9-27)39-25/h12-36H,2-11H2,1H3/t12-,13-,14-,15-,16-,17+,18+,19-,20+,21+,22+,23-,24+,25-,26+/m1/s1. The van der Waals surface area contributed by atoms with Gasteiger partial charge in [0, 0.05) is 6.61 Å². The zero-order valence-electron chi connectivity index (χ0n) is 23.7. The van der Waals surface area contributed by atoms with Crippen molar-refractivity contribution >= 4 is 0 Å². The zero-order chi connectivity index (χ0) is 31.0. The average Bonchev–Trinajstić information content (AvgIpc) is 2.98. The van der Waals surface area contributed by atoms with Crippen LogP contribution >= 0.6 is 0 Å². The molecule has 0 aliphatic carbocycles. The number of aliphatic hydroxyl groups excluding tert-OH is 10. The predicted molar refractivity (Wildman–Crippen MR) is 138 cm³/mol. The first kappa shape index (κ1) is 35.8. The smallest absolute Gasteiger partial charge is 0.187 e. The van der Waals surface area contributed by atoms with Crippen LogP contribution in [0.15, 0.2) is 0 Å². The maximum absolute atomic E-state index is 11.0. The van der Waals surface area contributed by atoms with E-state index < -0.39 is 112 Å². The van der Waals surface area contributed by atoms with Crippen molar-refractivity contribution in [2.24, 2.45) is 0 Å². The minimum atomic E-state index is -1.82. The van der Waals surface area contributed by atoms with Crippen LogP contribution in [-0.2, 0) is 28.4 Å². The van der Waals surface area contributed by atoms with Gasteiger partial charge >= 0.3 is 0 Å². The molecule has 0 aromatic rings. The van der Waals surface area contributed by atoms with Gasteiger partial charge in [-0.1, -0.05) is 39.0 Å². The van der Waals surface area contributed by atoms with E-state index in [1.54, 1.807) is 0 Å². The molecule has 3 saturated heterocycles. The molecule has 0 bridgehead atoms. The van der Waals surface area contributed by atoms with Crippen molar-refractivity contribution in [1.29, 1.82) is 0 Å². The molecule has 3 aliphatic heterocycles. The molecule has 3 rings (SSSR count). The number of hydrogen-bond acceptors (Lipinski definition) is 16. The molecule has 0 radical (unpaired) electrons. The Morgan fingerprint density at radius 3 is 1.57 bits per heavy atom. The van der Waals surface area contributed by atoms with Crippen LogP contribution in [0.1, 0.15) is 45.4 Å². The van der Waals surface area contributed by atoms with Crippen molar-refractivity contribution in [1.82, 2.24) is 0 Å². The van der Waals surface area contributed by atoms with Crippen LogP contribution in [0.5, 0.6) is 0 Å². The number of ether oxygens (including phenoxy) is 6. The minimum Gasteiger partial charge on any atom is -0.394 e. The van der Waals surface area contributed by atoms with E-state index in [9.17, 15) is 51.1 Å². The van der Waals surface area contributed by atoms with Gasteiger partial charge in [0.2, 0.25) is 0 Å². The lowest BCUT2D eigenvalue weighted by Crippen LogP contribution is -2.65. The highest BCUT2D eigenvalue weighted by molar-refractivity contribution is 4.95. The third-order valence-corrected chi connectivity index (χ3v) is 7.83. The Morgan fingerprint density at radius 2 is 0.976 bits per heavy atom. The molecule has 15 atom stereocenters. The summed E-state index contributed by atoms with van der Waals surface area (Å²) in [5.74, 6) is 0. The molecule has 16 nitrogen and oxygen atoms in total. The van der Waals surface area contributed by atoms with Crippen molar-refractivity contribution in [2.45, 2.75) is 138 Å². The molecule has 16 heteroatoms. The molecule has 0 unspecified atom stereocenters. The molecule has 0 saturated carbocycles. The van der Waals surface area contributed by atoms with Crippen molar-refractivity contribution in [3.63, 3.8) is 0 Å². The summed E-state index contributed by atoms with van der Waals surface area (Å²) in [5.41, 5.74) is 0. The highest BCUT2D eigenvalue weighted by Gasteiger charge is 2.52. The number of unbranched alkanes of at least 4 members (excludes halogenated alkanes) is 5. The highest BCUT2D eigenvalue weighted by atomic mass is 16.8. The van der Waals surface area contributed by atoms with Crippen molar-refractivity contribution in [3.05, 3.63) is 0 Å². The van der Waals surface area contributed by atoms with Gasteiger partial charge in [-0.25, -0.2) is 0 Å². The summed E-state index contributed by atoms with van der Waals surface area (Å²) in [7, 11) is 0. The summed E-state index contributed by atoms with van der Waals surface area (Å²) in [5, 5.41) is 102. The van der Waals surface area contributed by atoms with Gasteiger partial charge < -0.3 is 79.5 Å². The number of hydrogen-bond donors (Lipinski definition) is 10. The van der Waals surface area contributed by atoms with Crippen LogP contribution in [-0.4, -0.2) is 170 Å². The van der Waals surface area contributed by atoms with Gasteiger partial charge in [-0.3, -0.25) is 0 Å². The second-order valence-corrected chi connectivity index (χ2v) is 11.0. The molecule has 0 amide bonds. The molecular weight excluding hydrogens is 568 g/mol. The summed E-state index contributed by atoms with van der Waals surface area (Å²) < 4.78 is 33.6. The largest absolute Gasteiger partial charge is 0.394 e. The summed E-state index contributed by atoms with van der Waals surface area (Å²) in [6.45, 7) is 0.384. The molecule has 3 heterocycles. The van der Waals surface area contributed by atoms with E-state index >= 15 is 0 Å². The van der Waals surface area contributed by atoms with Crippen molar-refractivity contribution in [2.75, 3.05) is 26.4 Å². The molecule has 0 spiro atoms. The molecule has 0 aromatic carbocycles. The summed E-state index contributed by atoms with van der Waals surface area (Å²) in [6, 6.07) is 0. The minimum absolute atomic E-state index is 0.207. The van der Waals surface area contributed by atoms with Gasteiger partial charge in [-0.2, -0.15) is 0 Å². The maximum Gasteiger partial charge on any atom is 0.187 e. The van der Waals surface area contributed by atoms with E-state index in [0.717, 1.165) is 32.1 Å². The first-order valence-corrected chi connectivity index (χ1v) is 14.6. The topological polar surface area (TPSA) is 258 Å². The van der Waals surface area contributed by atoms with E-state index in [2.05, 4.69) is 6.92 Å². The fourth-order valence-electron chi connectivity index (χ4n) is 5.16. The first-order valence-electron chi connectivity index (χ1n) is 14.6. The Hall–Kier alpha value is -0.640. The third-order valence-electron chi connectivity index (χ3n) is 7.83. The molecular formula is C26H48O16. The summed E-state index contributed by atoms with van der Waals surface area (Å²) in [4.78, 5) is 0. The maximum atomic E-state index is 11.0. The quantitative estimate of drug-likeness (QED) is 0.0783. The number of aliphatic hydroxyl groups is 10. The normalized spacial score (nSPS) is 44.8. The van der Waals surface area contributed by atoms with Gasteiger partial charge in [0.05, 0.1) is 19.8 Å². The molecule has 3 aliphatic rings. The van der Waals surface area contributed by atoms with Gasteiger partial charge in [0.15, 0.2) is 18.9 Å². The first-order chi connectivity index (χ1) is 20.0. The van der Waals surface area contributed by atoms with E-state index in [4.69, 9.17) is 28.4 Å². The zero-order valence-corrected chi connectivity index (χ0v) is 23.7. The summed E-state index contributed by atoms with van der Waals surface area (Å²) >= 11 is 0.